The lowest BCUT2D eigenvalue weighted by atomic mass is 10.1. The molecule has 2 rings (SSSR count). The number of likely N-dealkylation sites (N-methyl/N-ethyl adjacent to an activating group) is 2. The summed E-state index contributed by atoms with van der Waals surface area (Å²) in [4.78, 5) is 38.9. The highest BCUT2D eigenvalue weighted by Crippen LogP contribution is 2.18. The highest BCUT2D eigenvalue weighted by Gasteiger charge is 2.18. The van der Waals surface area contributed by atoms with E-state index < -0.39 is 0 Å². The van der Waals surface area contributed by atoms with Gasteiger partial charge >= 0.3 is 0 Å². The maximum absolute atomic E-state index is 12.6. The third kappa shape index (κ3) is 6.37. The Morgan fingerprint density at radius 2 is 1.61 bits per heavy atom. The number of halogens is 1. The number of carbonyl (C=O) groups excluding carboxylic acids is 3. The second-order valence-electron chi connectivity index (χ2n) is 6.65. The van der Waals surface area contributed by atoms with Crippen molar-refractivity contribution in [3.8, 4) is 0 Å². The Morgan fingerprint density at radius 1 is 0.964 bits per heavy atom. The van der Waals surface area contributed by atoms with Gasteiger partial charge in [-0.2, -0.15) is 0 Å². The molecule has 3 amide bonds. The molecular formula is C20H24ClN4O3+. The number of para-hydroxylation sites is 1. The van der Waals surface area contributed by atoms with E-state index in [9.17, 15) is 14.4 Å². The number of benzene rings is 2. The minimum Gasteiger partial charge on any atom is -0.344 e. The number of nitrogens with one attached hydrogen (secondary N) is 3. The molecule has 7 nitrogen and oxygen atoms in total. The van der Waals surface area contributed by atoms with Gasteiger partial charge < -0.3 is 20.4 Å². The van der Waals surface area contributed by atoms with Crippen molar-refractivity contribution in [2.45, 2.75) is 0 Å². The van der Waals surface area contributed by atoms with Gasteiger partial charge in [-0.1, -0.05) is 23.7 Å². The van der Waals surface area contributed by atoms with E-state index in [4.69, 9.17) is 11.6 Å². The fourth-order valence-corrected chi connectivity index (χ4v) is 2.60. The van der Waals surface area contributed by atoms with Crippen molar-refractivity contribution in [2.24, 2.45) is 0 Å². The summed E-state index contributed by atoms with van der Waals surface area (Å²) in [5.74, 6) is -0.689. The summed E-state index contributed by atoms with van der Waals surface area (Å²) in [6, 6.07) is 13.5. The predicted octanol–water partition coefficient (Wildman–Crippen LogP) is 1.13. The van der Waals surface area contributed by atoms with Crippen LogP contribution in [0.4, 0.5) is 11.4 Å². The van der Waals surface area contributed by atoms with Crippen LogP contribution in [0, 0.1) is 0 Å². The Labute approximate surface area is 169 Å². The molecule has 28 heavy (non-hydrogen) atoms. The van der Waals surface area contributed by atoms with Crippen molar-refractivity contribution in [1.82, 2.24) is 4.90 Å². The number of nitrogens with zero attached hydrogens (tertiary/aromatic N) is 1. The van der Waals surface area contributed by atoms with E-state index in [1.54, 1.807) is 69.7 Å². The predicted molar refractivity (Wildman–Crippen MR) is 110 cm³/mol. The molecule has 0 bridgehead atoms. The van der Waals surface area contributed by atoms with Crippen molar-refractivity contribution >= 4 is 40.7 Å². The molecule has 0 saturated carbocycles. The van der Waals surface area contributed by atoms with Gasteiger partial charge in [0.05, 0.1) is 18.3 Å². The van der Waals surface area contributed by atoms with E-state index in [0.29, 0.717) is 22.0 Å². The molecular weight excluding hydrogens is 380 g/mol. The topological polar surface area (TPSA) is 83.0 Å². The zero-order valence-corrected chi connectivity index (χ0v) is 16.8. The number of anilines is 2. The van der Waals surface area contributed by atoms with Gasteiger partial charge in [0, 0.05) is 24.8 Å². The van der Waals surface area contributed by atoms with Crippen molar-refractivity contribution in [3.63, 3.8) is 0 Å². The molecule has 0 aliphatic heterocycles. The highest BCUT2D eigenvalue weighted by molar-refractivity contribution is 6.30. The van der Waals surface area contributed by atoms with Crippen LogP contribution in [-0.4, -0.2) is 56.9 Å². The molecule has 0 aromatic heterocycles. The van der Waals surface area contributed by atoms with Crippen LogP contribution < -0.4 is 15.5 Å². The third-order valence-electron chi connectivity index (χ3n) is 3.96. The summed E-state index contributed by atoms with van der Waals surface area (Å²) in [5.41, 5.74) is 1.35. The summed E-state index contributed by atoms with van der Waals surface area (Å²) < 4.78 is 0. The Bertz CT molecular complexity index is 853. The molecule has 2 aromatic rings. The van der Waals surface area contributed by atoms with Crippen LogP contribution >= 0.6 is 11.6 Å². The molecule has 0 saturated heterocycles. The number of carbonyl (C=O) groups is 3. The molecule has 148 valence electrons. The van der Waals surface area contributed by atoms with E-state index >= 15 is 0 Å². The van der Waals surface area contributed by atoms with Crippen LogP contribution in [0.5, 0.6) is 0 Å². The van der Waals surface area contributed by atoms with Crippen LogP contribution in [-0.2, 0) is 9.59 Å². The summed E-state index contributed by atoms with van der Waals surface area (Å²) in [5, 5.41) is 6.10. The van der Waals surface area contributed by atoms with E-state index in [1.165, 1.54) is 4.90 Å². The summed E-state index contributed by atoms with van der Waals surface area (Å²) in [6.45, 7) is 0.311. The Balaban J connectivity index is 2.02. The lowest BCUT2D eigenvalue weighted by molar-refractivity contribution is -0.862. The molecule has 1 unspecified atom stereocenters. The number of rotatable bonds is 7. The molecule has 0 radical (unpaired) electrons. The van der Waals surface area contributed by atoms with Gasteiger partial charge in [0.25, 0.3) is 17.7 Å². The lowest BCUT2D eigenvalue weighted by Gasteiger charge is -2.17. The van der Waals surface area contributed by atoms with Gasteiger partial charge in [-0.25, -0.2) is 0 Å². The zero-order valence-electron chi connectivity index (χ0n) is 16.1. The van der Waals surface area contributed by atoms with Crippen molar-refractivity contribution in [1.29, 1.82) is 0 Å². The van der Waals surface area contributed by atoms with E-state index in [1.807, 2.05) is 0 Å². The zero-order chi connectivity index (χ0) is 20.7. The normalized spacial score (nSPS) is 11.4. The van der Waals surface area contributed by atoms with Crippen LogP contribution in [0.25, 0.3) is 0 Å². The summed E-state index contributed by atoms with van der Waals surface area (Å²) in [6.07, 6.45) is 0. The molecule has 3 N–H and O–H groups in total. The smallest absolute Gasteiger partial charge is 0.279 e. The third-order valence-corrected chi connectivity index (χ3v) is 4.21. The minimum absolute atomic E-state index is 0.0620. The monoisotopic (exact) mass is 403 g/mol. The molecule has 0 aliphatic rings. The van der Waals surface area contributed by atoms with Gasteiger partial charge in [-0.15, -0.1) is 0 Å². The number of quaternary nitrogens is 1. The van der Waals surface area contributed by atoms with E-state index in [-0.39, 0.29) is 30.8 Å². The number of amides is 3. The maximum atomic E-state index is 12.6. The van der Waals surface area contributed by atoms with E-state index in [0.717, 1.165) is 4.90 Å². The van der Waals surface area contributed by atoms with Crippen LogP contribution in [0.2, 0.25) is 5.02 Å². The van der Waals surface area contributed by atoms with Crippen LogP contribution in [0.3, 0.4) is 0 Å². The lowest BCUT2D eigenvalue weighted by Crippen LogP contribution is -3.11. The standard InChI is InChI=1S/C20H23ClN4O3/c1-24(2)19(27)13-25(3)12-18(26)23-17-7-5-4-6-16(17)20(28)22-15-10-8-14(21)9-11-15/h4-11H,12-13H2,1-3H3,(H,22,28)(H,23,26)/p+1. The van der Waals surface area contributed by atoms with Crippen LogP contribution in [0.15, 0.2) is 48.5 Å². The van der Waals surface area contributed by atoms with Gasteiger partial charge in [-0.05, 0) is 36.4 Å². The van der Waals surface area contributed by atoms with Crippen molar-refractivity contribution in [2.75, 3.05) is 44.9 Å². The maximum Gasteiger partial charge on any atom is 0.279 e. The van der Waals surface area contributed by atoms with Crippen molar-refractivity contribution < 1.29 is 19.3 Å². The summed E-state index contributed by atoms with van der Waals surface area (Å²) >= 11 is 5.85. The second-order valence-corrected chi connectivity index (χ2v) is 7.09. The first kappa shape index (κ1) is 21.4. The Kier molecular flexibility index (Phi) is 7.54. The Hall–Kier alpha value is -2.90. The van der Waals surface area contributed by atoms with Gasteiger partial charge in [-0.3, -0.25) is 14.4 Å². The molecule has 2 aromatic carbocycles. The molecule has 0 fully saturated rings. The molecule has 1 atom stereocenters. The van der Waals surface area contributed by atoms with E-state index in [2.05, 4.69) is 10.6 Å². The summed E-state index contributed by atoms with van der Waals surface area (Å²) in [7, 11) is 5.11. The second kappa shape index (κ2) is 9.87. The van der Waals surface area contributed by atoms with Gasteiger partial charge in [0.15, 0.2) is 13.1 Å². The average molecular weight is 404 g/mol. The first-order chi connectivity index (χ1) is 13.3. The molecule has 8 heteroatoms. The molecule has 0 heterocycles. The van der Waals surface area contributed by atoms with Gasteiger partial charge in [0.1, 0.15) is 0 Å². The highest BCUT2D eigenvalue weighted by atomic mass is 35.5. The van der Waals surface area contributed by atoms with Crippen LogP contribution in [0.1, 0.15) is 10.4 Å². The fourth-order valence-electron chi connectivity index (χ4n) is 2.47. The SMILES string of the molecule is CN(C)C(=O)C[NH+](C)CC(=O)Nc1ccccc1C(=O)Nc1ccc(Cl)cc1. The minimum atomic E-state index is -0.346. The first-order valence-corrected chi connectivity index (χ1v) is 9.11. The van der Waals surface area contributed by atoms with Gasteiger partial charge in [0.2, 0.25) is 0 Å². The number of hydrogen-bond acceptors (Lipinski definition) is 3. The Morgan fingerprint density at radius 3 is 2.25 bits per heavy atom. The average Bonchev–Trinajstić information content (AvgIpc) is 2.63. The first-order valence-electron chi connectivity index (χ1n) is 8.73. The quantitative estimate of drug-likeness (QED) is 0.648. The largest absolute Gasteiger partial charge is 0.344 e. The van der Waals surface area contributed by atoms with Crippen molar-refractivity contribution in [3.05, 3.63) is 59.1 Å². The fraction of sp³-hybridized carbons (Fsp3) is 0.250. The number of hydrogen-bond donors (Lipinski definition) is 3. The molecule has 0 spiro atoms. The molecule has 0 aliphatic carbocycles.